The van der Waals surface area contributed by atoms with Gasteiger partial charge in [-0.15, -0.1) is 0 Å². The lowest BCUT2D eigenvalue weighted by atomic mass is 10.0. The third-order valence-electron chi connectivity index (χ3n) is 4.35. The van der Waals surface area contributed by atoms with E-state index in [1.54, 1.807) is 24.3 Å². The second-order valence-electron chi connectivity index (χ2n) is 7.09. The first-order valence-electron chi connectivity index (χ1n) is 9.91. The summed E-state index contributed by atoms with van der Waals surface area (Å²) >= 11 is 0. The number of ether oxygens (including phenoxy) is 2. The Morgan fingerprint density at radius 3 is 2.33 bits per heavy atom. The molecule has 0 aliphatic carbocycles. The highest BCUT2D eigenvalue weighted by Gasteiger charge is 2.20. The zero-order valence-corrected chi connectivity index (χ0v) is 18.7. The van der Waals surface area contributed by atoms with Crippen molar-refractivity contribution in [2.24, 2.45) is 0 Å². The smallest absolute Gasteiger partial charge is 0.240 e. The maximum absolute atomic E-state index is 12.3. The molecule has 8 heteroatoms. The summed E-state index contributed by atoms with van der Waals surface area (Å²) in [6, 6.07) is 14.4. The molecule has 0 heterocycles. The molecule has 2 aromatic rings. The molecule has 30 heavy (non-hydrogen) atoms. The lowest BCUT2D eigenvalue weighted by Gasteiger charge is -2.22. The van der Waals surface area contributed by atoms with Gasteiger partial charge in [0.15, 0.2) is 0 Å². The molecule has 2 aromatic carbocycles. The molecule has 0 aromatic heterocycles. The zero-order chi connectivity index (χ0) is 22.1. The number of hydrogen-bond donors (Lipinski definition) is 1. The lowest BCUT2D eigenvalue weighted by molar-refractivity contribution is -0.119. The first-order chi connectivity index (χ1) is 14.2. The Hall–Kier alpha value is -2.74. The minimum absolute atomic E-state index is 0.270. The van der Waals surface area contributed by atoms with Gasteiger partial charge < -0.3 is 14.8 Å². The van der Waals surface area contributed by atoms with Crippen LogP contribution in [0.3, 0.4) is 0 Å². The number of carbonyl (C=O) groups excluding carboxylic acids is 1. The average Bonchev–Trinajstić information content (AvgIpc) is 2.70. The number of nitrogens with one attached hydrogen (secondary N) is 1. The van der Waals surface area contributed by atoms with Gasteiger partial charge in [-0.2, -0.15) is 0 Å². The van der Waals surface area contributed by atoms with E-state index >= 15 is 0 Å². The number of benzene rings is 2. The number of carbonyl (C=O) groups is 1. The Morgan fingerprint density at radius 2 is 1.73 bits per heavy atom. The second-order valence-corrected chi connectivity index (χ2v) is 8.99. The van der Waals surface area contributed by atoms with Crippen LogP contribution in [0.5, 0.6) is 11.5 Å². The number of amides is 1. The minimum Gasteiger partial charge on any atom is -0.494 e. The van der Waals surface area contributed by atoms with Crippen LogP contribution in [0, 0.1) is 0 Å². The van der Waals surface area contributed by atoms with Crippen LogP contribution in [-0.4, -0.2) is 46.9 Å². The molecule has 0 saturated heterocycles. The highest BCUT2D eigenvalue weighted by Crippen LogP contribution is 2.25. The molecule has 2 rings (SSSR count). The van der Waals surface area contributed by atoms with Crippen LogP contribution < -0.4 is 19.1 Å². The third kappa shape index (κ3) is 6.95. The molecule has 0 radical (unpaired) electrons. The molecule has 0 spiro atoms. The van der Waals surface area contributed by atoms with Gasteiger partial charge in [-0.25, -0.2) is 8.42 Å². The Morgan fingerprint density at radius 1 is 1.07 bits per heavy atom. The van der Waals surface area contributed by atoms with Crippen LogP contribution in [-0.2, 0) is 14.8 Å². The van der Waals surface area contributed by atoms with E-state index in [1.807, 2.05) is 31.2 Å². The Balaban J connectivity index is 1.92. The van der Waals surface area contributed by atoms with Gasteiger partial charge in [0.05, 0.1) is 25.1 Å². The van der Waals surface area contributed by atoms with Crippen molar-refractivity contribution in [1.29, 1.82) is 0 Å². The van der Waals surface area contributed by atoms with Gasteiger partial charge in [0.2, 0.25) is 15.9 Å². The van der Waals surface area contributed by atoms with E-state index in [2.05, 4.69) is 19.2 Å². The Labute approximate surface area is 179 Å². The van der Waals surface area contributed by atoms with E-state index in [0.717, 1.165) is 21.9 Å². The standard InChI is InChI=1S/C22H30N2O5S/c1-5-28-19-12-10-18(11-13-19)24(30(4,26)27)16-22(25)23-14-15-29-21-9-7-6-8-20(21)17(2)3/h6-13,17H,5,14-16H2,1-4H3,(H,23,25). The molecule has 0 fully saturated rings. The molecule has 0 atom stereocenters. The van der Waals surface area contributed by atoms with E-state index in [4.69, 9.17) is 9.47 Å². The molecule has 0 bridgehead atoms. The fourth-order valence-corrected chi connectivity index (χ4v) is 3.76. The van der Waals surface area contributed by atoms with Crippen LogP contribution in [0.1, 0.15) is 32.3 Å². The van der Waals surface area contributed by atoms with E-state index in [-0.39, 0.29) is 19.7 Å². The number of anilines is 1. The summed E-state index contributed by atoms with van der Waals surface area (Å²) in [5.41, 5.74) is 1.50. The number of sulfonamides is 1. The molecular formula is C22H30N2O5S. The Bertz CT molecular complexity index is 927. The summed E-state index contributed by atoms with van der Waals surface area (Å²) in [7, 11) is -3.63. The fourth-order valence-electron chi connectivity index (χ4n) is 2.90. The molecule has 1 amide bonds. The van der Waals surface area contributed by atoms with Crippen LogP contribution in [0.4, 0.5) is 5.69 Å². The molecule has 0 saturated carbocycles. The number of para-hydroxylation sites is 1. The summed E-state index contributed by atoms with van der Waals surface area (Å²) < 4.78 is 36.6. The Kier molecular flexibility index (Phi) is 8.53. The van der Waals surface area contributed by atoms with Crippen molar-refractivity contribution < 1.29 is 22.7 Å². The predicted octanol–water partition coefficient (Wildman–Crippen LogP) is 3.17. The molecule has 0 unspecified atom stereocenters. The van der Waals surface area contributed by atoms with Gasteiger partial charge in [0.25, 0.3) is 0 Å². The topological polar surface area (TPSA) is 84.9 Å². The molecular weight excluding hydrogens is 404 g/mol. The molecule has 0 aliphatic heterocycles. The first-order valence-corrected chi connectivity index (χ1v) is 11.8. The maximum atomic E-state index is 12.3. The van der Waals surface area contributed by atoms with Gasteiger partial charge in [0, 0.05) is 0 Å². The molecule has 1 N–H and O–H groups in total. The van der Waals surface area contributed by atoms with Crippen LogP contribution in [0.15, 0.2) is 48.5 Å². The number of hydrogen-bond acceptors (Lipinski definition) is 5. The van der Waals surface area contributed by atoms with Gasteiger partial charge in [-0.3, -0.25) is 9.10 Å². The summed E-state index contributed by atoms with van der Waals surface area (Å²) in [6.07, 6.45) is 1.07. The van der Waals surface area contributed by atoms with Crippen molar-refractivity contribution >= 4 is 21.6 Å². The first kappa shape index (κ1) is 23.5. The van der Waals surface area contributed by atoms with E-state index in [1.165, 1.54) is 0 Å². The molecule has 7 nitrogen and oxygen atoms in total. The van der Waals surface area contributed by atoms with Crippen molar-refractivity contribution in [3.8, 4) is 11.5 Å². The van der Waals surface area contributed by atoms with Gasteiger partial charge >= 0.3 is 0 Å². The molecule has 0 aliphatic rings. The van der Waals surface area contributed by atoms with Crippen molar-refractivity contribution in [2.45, 2.75) is 26.7 Å². The lowest BCUT2D eigenvalue weighted by Crippen LogP contribution is -2.41. The summed E-state index contributed by atoms with van der Waals surface area (Å²) in [6.45, 7) is 6.81. The highest BCUT2D eigenvalue weighted by atomic mass is 32.2. The summed E-state index contributed by atoms with van der Waals surface area (Å²) in [4.78, 5) is 12.3. The quantitative estimate of drug-likeness (QED) is 0.549. The van der Waals surface area contributed by atoms with Crippen LogP contribution >= 0.6 is 0 Å². The van der Waals surface area contributed by atoms with Crippen LogP contribution in [0.2, 0.25) is 0 Å². The maximum Gasteiger partial charge on any atom is 0.240 e. The van der Waals surface area contributed by atoms with E-state index in [9.17, 15) is 13.2 Å². The minimum atomic E-state index is -3.63. The molecule has 164 valence electrons. The van der Waals surface area contributed by atoms with Crippen molar-refractivity contribution in [3.05, 3.63) is 54.1 Å². The fraction of sp³-hybridized carbons (Fsp3) is 0.409. The third-order valence-corrected chi connectivity index (χ3v) is 5.49. The second kappa shape index (κ2) is 10.9. The van der Waals surface area contributed by atoms with Gasteiger partial charge in [0.1, 0.15) is 24.7 Å². The van der Waals surface area contributed by atoms with Gasteiger partial charge in [-0.05, 0) is 48.7 Å². The highest BCUT2D eigenvalue weighted by molar-refractivity contribution is 7.92. The SMILES string of the molecule is CCOc1ccc(N(CC(=O)NCCOc2ccccc2C(C)C)S(C)(=O)=O)cc1. The normalized spacial score (nSPS) is 11.2. The number of rotatable bonds is 11. The largest absolute Gasteiger partial charge is 0.494 e. The number of nitrogens with zero attached hydrogens (tertiary/aromatic N) is 1. The monoisotopic (exact) mass is 434 g/mol. The van der Waals surface area contributed by atoms with Crippen LogP contribution in [0.25, 0.3) is 0 Å². The predicted molar refractivity (Wildman–Crippen MR) is 119 cm³/mol. The summed E-state index contributed by atoms with van der Waals surface area (Å²) in [5, 5.41) is 2.71. The van der Waals surface area contributed by atoms with Crippen molar-refractivity contribution in [1.82, 2.24) is 5.32 Å². The zero-order valence-electron chi connectivity index (χ0n) is 17.9. The summed E-state index contributed by atoms with van der Waals surface area (Å²) in [5.74, 6) is 1.34. The van der Waals surface area contributed by atoms with E-state index in [0.29, 0.717) is 24.0 Å². The van der Waals surface area contributed by atoms with Crippen molar-refractivity contribution in [3.63, 3.8) is 0 Å². The van der Waals surface area contributed by atoms with Gasteiger partial charge in [-0.1, -0.05) is 32.0 Å². The van der Waals surface area contributed by atoms with Crippen molar-refractivity contribution in [2.75, 3.05) is 36.9 Å². The van der Waals surface area contributed by atoms with E-state index < -0.39 is 15.9 Å². The average molecular weight is 435 g/mol.